The number of rotatable bonds is 4. The van der Waals surface area contributed by atoms with Crippen molar-refractivity contribution in [3.05, 3.63) is 12.4 Å². The Balaban J connectivity index is 1.54. The van der Waals surface area contributed by atoms with Crippen LogP contribution in [0.5, 0.6) is 0 Å². The van der Waals surface area contributed by atoms with Crippen molar-refractivity contribution in [2.24, 2.45) is 0 Å². The van der Waals surface area contributed by atoms with Crippen LogP contribution in [0.2, 0.25) is 0 Å². The molecule has 3 heterocycles. The predicted octanol–water partition coefficient (Wildman–Crippen LogP) is 0.334. The second-order valence-corrected chi connectivity index (χ2v) is 4.86. The second kappa shape index (κ2) is 5.81. The summed E-state index contributed by atoms with van der Waals surface area (Å²) in [6, 6.07) is 0. The molecule has 0 saturated carbocycles. The predicted molar refractivity (Wildman–Crippen MR) is 72.1 cm³/mol. The van der Waals surface area contributed by atoms with Crippen molar-refractivity contribution in [2.75, 3.05) is 25.0 Å². The normalized spacial score (nSPS) is 15.5. The average molecular weight is 275 g/mol. The number of carbonyl (C=O) groups excluding carboxylic acids is 1. The smallest absolute Gasteiger partial charge is 0.224 e. The zero-order valence-electron chi connectivity index (χ0n) is 11.2. The first-order valence-corrected chi connectivity index (χ1v) is 6.88. The molecule has 20 heavy (non-hydrogen) atoms. The van der Waals surface area contributed by atoms with Crippen LogP contribution in [0.15, 0.2) is 12.4 Å². The molecule has 0 aromatic carbocycles. The van der Waals surface area contributed by atoms with Gasteiger partial charge in [-0.2, -0.15) is 4.52 Å². The fourth-order valence-corrected chi connectivity index (χ4v) is 2.39. The highest BCUT2D eigenvalue weighted by molar-refractivity contribution is 5.76. The lowest BCUT2D eigenvalue weighted by molar-refractivity contribution is -0.131. The minimum Gasteiger partial charge on any atom is -0.368 e. The third-order valence-corrected chi connectivity index (χ3v) is 3.46. The standard InChI is InChI=1S/C12H17N7O/c20-12(18-6-2-1-3-7-18)4-5-14-10-8-13-9-11-15-16-17-19(10)11/h8-9,14H,1-7H2. The van der Waals surface area contributed by atoms with Gasteiger partial charge in [0.1, 0.15) is 5.82 Å². The lowest BCUT2D eigenvalue weighted by atomic mass is 10.1. The van der Waals surface area contributed by atoms with Gasteiger partial charge in [0.25, 0.3) is 0 Å². The summed E-state index contributed by atoms with van der Waals surface area (Å²) in [5.74, 6) is 0.896. The molecule has 0 unspecified atom stereocenters. The van der Waals surface area contributed by atoms with E-state index in [1.54, 1.807) is 16.9 Å². The highest BCUT2D eigenvalue weighted by Gasteiger charge is 2.15. The van der Waals surface area contributed by atoms with Gasteiger partial charge in [-0.15, -0.1) is 5.10 Å². The van der Waals surface area contributed by atoms with Crippen LogP contribution in [-0.4, -0.2) is 55.5 Å². The zero-order chi connectivity index (χ0) is 13.8. The van der Waals surface area contributed by atoms with Crippen molar-refractivity contribution in [3.63, 3.8) is 0 Å². The van der Waals surface area contributed by atoms with Crippen molar-refractivity contribution in [3.8, 4) is 0 Å². The Morgan fingerprint density at radius 3 is 2.95 bits per heavy atom. The van der Waals surface area contributed by atoms with E-state index in [4.69, 9.17) is 0 Å². The van der Waals surface area contributed by atoms with Crippen molar-refractivity contribution in [2.45, 2.75) is 25.7 Å². The van der Waals surface area contributed by atoms with Gasteiger partial charge in [0, 0.05) is 26.1 Å². The van der Waals surface area contributed by atoms with Gasteiger partial charge in [-0.1, -0.05) is 0 Å². The molecule has 8 nitrogen and oxygen atoms in total. The molecule has 1 aliphatic heterocycles. The van der Waals surface area contributed by atoms with E-state index in [2.05, 4.69) is 25.8 Å². The first kappa shape index (κ1) is 12.8. The minimum absolute atomic E-state index is 0.203. The van der Waals surface area contributed by atoms with E-state index >= 15 is 0 Å². The Bertz CT molecular complexity index is 590. The monoisotopic (exact) mass is 275 g/mol. The van der Waals surface area contributed by atoms with E-state index in [1.807, 2.05) is 4.90 Å². The molecule has 106 valence electrons. The molecule has 0 atom stereocenters. The van der Waals surface area contributed by atoms with E-state index in [0.29, 0.717) is 24.4 Å². The van der Waals surface area contributed by atoms with E-state index in [9.17, 15) is 4.79 Å². The first-order valence-electron chi connectivity index (χ1n) is 6.88. The summed E-state index contributed by atoms with van der Waals surface area (Å²) in [5, 5.41) is 14.4. The van der Waals surface area contributed by atoms with Gasteiger partial charge in [-0.05, 0) is 29.7 Å². The molecule has 0 spiro atoms. The molecule has 1 saturated heterocycles. The quantitative estimate of drug-likeness (QED) is 0.865. The Morgan fingerprint density at radius 2 is 2.10 bits per heavy atom. The lowest BCUT2D eigenvalue weighted by Crippen LogP contribution is -2.36. The Hall–Kier alpha value is -2.25. The highest BCUT2D eigenvalue weighted by atomic mass is 16.2. The number of piperidine rings is 1. The van der Waals surface area contributed by atoms with Gasteiger partial charge < -0.3 is 10.2 Å². The van der Waals surface area contributed by atoms with Crippen LogP contribution < -0.4 is 5.32 Å². The van der Waals surface area contributed by atoms with E-state index in [0.717, 1.165) is 25.9 Å². The van der Waals surface area contributed by atoms with Crippen LogP contribution in [0.25, 0.3) is 5.65 Å². The molecule has 0 radical (unpaired) electrons. The first-order chi connectivity index (χ1) is 9.84. The van der Waals surface area contributed by atoms with Gasteiger partial charge in [-0.25, -0.2) is 0 Å². The number of hydrogen-bond donors (Lipinski definition) is 1. The fourth-order valence-electron chi connectivity index (χ4n) is 2.39. The van der Waals surface area contributed by atoms with Gasteiger partial charge in [0.15, 0.2) is 5.65 Å². The van der Waals surface area contributed by atoms with Crippen LogP contribution in [-0.2, 0) is 4.79 Å². The third-order valence-electron chi connectivity index (χ3n) is 3.46. The molecule has 2 aromatic rings. The van der Waals surface area contributed by atoms with E-state index in [1.165, 1.54) is 6.42 Å². The molecule has 1 amide bonds. The molecule has 1 N–H and O–H groups in total. The van der Waals surface area contributed by atoms with Crippen molar-refractivity contribution < 1.29 is 4.79 Å². The van der Waals surface area contributed by atoms with E-state index < -0.39 is 0 Å². The Labute approximate surface area is 116 Å². The maximum absolute atomic E-state index is 12.0. The summed E-state index contributed by atoms with van der Waals surface area (Å²) in [7, 11) is 0. The van der Waals surface area contributed by atoms with E-state index in [-0.39, 0.29) is 5.91 Å². The molecule has 8 heteroatoms. The van der Waals surface area contributed by atoms with Gasteiger partial charge in [0.05, 0.1) is 12.4 Å². The van der Waals surface area contributed by atoms with Crippen LogP contribution in [0.1, 0.15) is 25.7 Å². The van der Waals surface area contributed by atoms with Crippen LogP contribution in [0, 0.1) is 0 Å². The van der Waals surface area contributed by atoms with Crippen LogP contribution in [0.3, 0.4) is 0 Å². The summed E-state index contributed by atoms with van der Waals surface area (Å²) in [5.41, 5.74) is 0.581. The third kappa shape index (κ3) is 2.68. The summed E-state index contributed by atoms with van der Waals surface area (Å²) < 4.78 is 1.57. The highest BCUT2D eigenvalue weighted by Crippen LogP contribution is 2.10. The Kier molecular flexibility index (Phi) is 3.71. The number of nitrogens with zero attached hydrogens (tertiary/aromatic N) is 6. The molecule has 2 aromatic heterocycles. The maximum atomic E-state index is 12.0. The number of anilines is 1. The molecule has 0 aliphatic carbocycles. The van der Waals surface area contributed by atoms with Crippen molar-refractivity contribution in [1.29, 1.82) is 0 Å². The molecule has 1 fully saturated rings. The number of nitrogens with one attached hydrogen (secondary N) is 1. The summed E-state index contributed by atoms with van der Waals surface area (Å²) in [6.45, 7) is 2.34. The number of likely N-dealkylation sites (tertiary alicyclic amines) is 1. The maximum Gasteiger partial charge on any atom is 0.224 e. The largest absolute Gasteiger partial charge is 0.368 e. The number of amides is 1. The number of hydrogen-bond acceptors (Lipinski definition) is 6. The topological polar surface area (TPSA) is 88.3 Å². The number of fused-ring (bicyclic) bond motifs is 1. The molecule has 0 bridgehead atoms. The van der Waals surface area contributed by atoms with Crippen LogP contribution in [0.4, 0.5) is 5.82 Å². The zero-order valence-corrected chi connectivity index (χ0v) is 11.2. The number of carbonyl (C=O) groups is 1. The molecular formula is C12H17N7O. The SMILES string of the molecule is O=C(CCNc1cncc2nnnn12)N1CCCCC1. The summed E-state index contributed by atoms with van der Waals surface area (Å²) in [6.07, 6.45) is 7.17. The average Bonchev–Trinajstić information content (AvgIpc) is 2.97. The van der Waals surface area contributed by atoms with Crippen molar-refractivity contribution in [1.82, 2.24) is 29.9 Å². The Morgan fingerprint density at radius 1 is 1.25 bits per heavy atom. The van der Waals surface area contributed by atoms with Gasteiger partial charge in [-0.3, -0.25) is 9.78 Å². The van der Waals surface area contributed by atoms with Gasteiger partial charge >= 0.3 is 0 Å². The molecule has 3 rings (SSSR count). The number of aromatic nitrogens is 5. The van der Waals surface area contributed by atoms with Crippen molar-refractivity contribution >= 4 is 17.4 Å². The molecule has 1 aliphatic rings. The second-order valence-electron chi connectivity index (χ2n) is 4.86. The van der Waals surface area contributed by atoms with Gasteiger partial charge in [0.2, 0.25) is 5.91 Å². The fraction of sp³-hybridized carbons (Fsp3) is 0.583. The summed E-state index contributed by atoms with van der Waals surface area (Å²) >= 11 is 0. The minimum atomic E-state index is 0.203. The lowest BCUT2D eigenvalue weighted by Gasteiger charge is -2.26. The van der Waals surface area contributed by atoms with Crippen LogP contribution >= 0.6 is 0 Å². The molecular weight excluding hydrogens is 258 g/mol. The number of tetrazole rings is 1. The summed E-state index contributed by atoms with van der Waals surface area (Å²) in [4.78, 5) is 18.0.